The van der Waals surface area contributed by atoms with Crippen LogP contribution >= 0.6 is 0 Å². The Morgan fingerprint density at radius 1 is 1.06 bits per heavy atom. The van der Waals surface area contributed by atoms with Crippen LogP contribution in [0.5, 0.6) is 0 Å². The van der Waals surface area contributed by atoms with Gasteiger partial charge in [0.25, 0.3) is 0 Å². The Morgan fingerprint density at radius 2 is 1.83 bits per heavy atom. The smallest absolute Gasteiger partial charge is 0.0127 e. The molecule has 3 aliphatic rings. The van der Waals surface area contributed by atoms with Crippen LogP contribution in [0.1, 0.15) is 58.8 Å². The van der Waals surface area contributed by atoms with E-state index < -0.39 is 0 Å². The summed E-state index contributed by atoms with van der Waals surface area (Å²) in [5, 5.41) is 3.71. The molecule has 4 atom stereocenters. The SMILES string of the molecule is CC(CNC1CC1)C(C)N1CCC2CCCCC21. The summed E-state index contributed by atoms with van der Waals surface area (Å²) in [6, 6.07) is 2.56. The highest BCUT2D eigenvalue weighted by molar-refractivity contribution is 4.93. The molecule has 4 unspecified atom stereocenters. The van der Waals surface area contributed by atoms with Gasteiger partial charge in [-0.05, 0) is 64.0 Å². The highest BCUT2D eigenvalue weighted by Crippen LogP contribution is 2.38. The van der Waals surface area contributed by atoms with Crippen molar-refractivity contribution in [3.05, 3.63) is 0 Å². The van der Waals surface area contributed by atoms with Gasteiger partial charge in [0.15, 0.2) is 0 Å². The lowest BCUT2D eigenvalue weighted by Gasteiger charge is -2.38. The second-order valence-electron chi connectivity index (χ2n) is 7.04. The molecule has 0 aromatic carbocycles. The molecule has 104 valence electrons. The van der Waals surface area contributed by atoms with Gasteiger partial charge < -0.3 is 5.32 Å². The number of hydrogen-bond donors (Lipinski definition) is 1. The minimum Gasteiger partial charge on any atom is -0.314 e. The third-order valence-electron chi connectivity index (χ3n) is 5.71. The van der Waals surface area contributed by atoms with Gasteiger partial charge in [-0.1, -0.05) is 19.8 Å². The molecule has 2 nitrogen and oxygen atoms in total. The maximum absolute atomic E-state index is 3.71. The number of likely N-dealkylation sites (tertiary alicyclic amines) is 1. The minimum absolute atomic E-state index is 0.768. The number of rotatable bonds is 5. The van der Waals surface area contributed by atoms with E-state index in [0.29, 0.717) is 0 Å². The summed E-state index contributed by atoms with van der Waals surface area (Å²) in [5.41, 5.74) is 0. The highest BCUT2D eigenvalue weighted by Gasteiger charge is 2.38. The largest absolute Gasteiger partial charge is 0.314 e. The van der Waals surface area contributed by atoms with Crippen LogP contribution in [-0.2, 0) is 0 Å². The normalized spacial score (nSPS) is 36.3. The third-order valence-corrected chi connectivity index (χ3v) is 5.71. The zero-order valence-corrected chi connectivity index (χ0v) is 12.2. The van der Waals surface area contributed by atoms with Crippen molar-refractivity contribution >= 4 is 0 Å². The molecule has 2 heteroatoms. The molecule has 1 aliphatic heterocycles. The molecule has 0 amide bonds. The van der Waals surface area contributed by atoms with Gasteiger partial charge in [0.2, 0.25) is 0 Å². The zero-order valence-electron chi connectivity index (χ0n) is 12.2. The molecule has 0 radical (unpaired) electrons. The molecule has 2 saturated carbocycles. The Bertz CT molecular complexity index is 274. The van der Waals surface area contributed by atoms with E-state index in [-0.39, 0.29) is 0 Å². The summed E-state index contributed by atoms with van der Waals surface area (Å²) in [6.45, 7) is 7.50. The van der Waals surface area contributed by atoms with Crippen LogP contribution in [0, 0.1) is 11.8 Å². The lowest BCUT2D eigenvalue weighted by molar-refractivity contribution is 0.109. The van der Waals surface area contributed by atoms with Crippen molar-refractivity contribution in [2.24, 2.45) is 11.8 Å². The standard InChI is InChI=1S/C16H30N2/c1-12(11-17-15-7-8-15)13(2)18-10-9-14-5-3-4-6-16(14)18/h12-17H,3-11H2,1-2H3. The predicted molar refractivity (Wildman–Crippen MR) is 76.7 cm³/mol. The molecule has 2 aliphatic carbocycles. The van der Waals surface area contributed by atoms with E-state index in [0.717, 1.165) is 30.0 Å². The summed E-state index contributed by atoms with van der Waals surface area (Å²) in [7, 11) is 0. The Kier molecular flexibility index (Phi) is 3.95. The van der Waals surface area contributed by atoms with Gasteiger partial charge in [0.1, 0.15) is 0 Å². The first-order chi connectivity index (χ1) is 8.75. The van der Waals surface area contributed by atoms with Crippen molar-refractivity contribution in [3.8, 4) is 0 Å². The average molecular weight is 250 g/mol. The quantitative estimate of drug-likeness (QED) is 0.807. The van der Waals surface area contributed by atoms with Crippen LogP contribution in [0.25, 0.3) is 0 Å². The van der Waals surface area contributed by atoms with Crippen molar-refractivity contribution < 1.29 is 0 Å². The van der Waals surface area contributed by atoms with Crippen LogP contribution in [-0.4, -0.2) is 36.1 Å². The first-order valence-electron chi connectivity index (χ1n) is 8.25. The van der Waals surface area contributed by atoms with E-state index >= 15 is 0 Å². The zero-order chi connectivity index (χ0) is 12.5. The number of nitrogens with one attached hydrogen (secondary N) is 1. The molecule has 0 bridgehead atoms. The second kappa shape index (κ2) is 5.50. The van der Waals surface area contributed by atoms with Crippen molar-refractivity contribution in [3.63, 3.8) is 0 Å². The number of fused-ring (bicyclic) bond motifs is 1. The molecule has 3 fully saturated rings. The Labute approximate surface area is 113 Å². The summed E-state index contributed by atoms with van der Waals surface area (Å²) in [6.07, 6.45) is 10.2. The second-order valence-corrected chi connectivity index (χ2v) is 7.04. The predicted octanol–water partition coefficient (Wildman–Crippen LogP) is 3.03. The summed E-state index contributed by atoms with van der Waals surface area (Å²) in [5.74, 6) is 1.83. The maximum atomic E-state index is 3.71. The maximum Gasteiger partial charge on any atom is 0.0127 e. The Hall–Kier alpha value is -0.0800. The molecule has 0 aromatic rings. The number of hydrogen-bond acceptors (Lipinski definition) is 2. The fourth-order valence-electron chi connectivity index (χ4n) is 4.09. The van der Waals surface area contributed by atoms with E-state index in [1.807, 2.05) is 0 Å². The fourth-order valence-corrected chi connectivity index (χ4v) is 4.09. The van der Waals surface area contributed by atoms with Crippen LogP contribution < -0.4 is 5.32 Å². The van der Waals surface area contributed by atoms with Crippen molar-refractivity contribution in [2.75, 3.05) is 13.1 Å². The highest BCUT2D eigenvalue weighted by atomic mass is 15.2. The van der Waals surface area contributed by atoms with Gasteiger partial charge >= 0.3 is 0 Å². The molecular formula is C16H30N2. The van der Waals surface area contributed by atoms with Crippen LogP contribution in [0.15, 0.2) is 0 Å². The van der Waals surface area contributed by atoms with Gasteiger partial charge in [0.05, 0.1) is 0 Å². The topological polar surface area (TPSA) is 15.3 Å². The van der Waals surface area contributed by atoms with Crippen molar-refractivity contribution in [1.82, 2.24) is 10.2 Å². The lowest BCUT2D eigenvalue weighted by Crippen LogP contribution is -2.46. The van der Waals surface area contributed by atoms with E-state index in [1.54, 1.807) is 0 Å². The first kappa shape index (κ1) is 12.9. The molecule has 1 N–H and O–H groups in total. The number of nitrogens with zero attached hydrogens (tertiary/aromatic N) is 1. The molecule has 0 spiro atoms. The van der Waals surface area contributed by atoms with Gasteiger partial charge in [-0.15, -0.1) is 0 Å². The Balaban J connectivity index is 1.52. The van der Waals surface area contributed by atoms with E-state index in [1.165, 1.54) is 58.0 Å². The van der Waals surface area contributed by atoms with Crippen molar-refractivity contribution in [2.45, 2.75) is 76.9 Å². The van der Waals surface area contributed by atoms with E-state index in [4.69, 9.17) is 0 Å². The lowest BCUT2D eigenvalue weighted by atomic mass is 9.84. The van der Waals surface area contributed by atoms with Crippen LogP contribution in [0.3, 0.4) is 0 Å². The van der Waals surface area contributed by atoms with Gasteiger partial charge in [-0.3, -0.25) is 4.90 Å². The Morgan fingerprint density at radius 3 is 2.61 bits per heavy atom. The fraction of sp³-hybridized carbons (Fsp3) is 1.00. The monoisotopic (exact) mass is 250 g/mol. The molecule has 0 aromatic heterocycles. The van der Waals surface area contributed by atoms with Crippen LogP contribution in [0.4, 0.5) is 0 Å². The summed E-state index contributed by atoms with van der Waals surface area (Å²) in [4.78, 5) is 2.85. The molecular weight excluding hydrogens is 220 g/mol. The van der Waals surface area contributed by atoms with Gasteiger partial charge in [0, 0.05) is 18.1 Å². The average Bonchev–Trinajstić information content (AvgIpc) is 3.13. The minimum atomic E-state index is 0.768. The third kappa shape index (κ3) is 2.75. The molecule has 1 heterocycles. The first-order valence-corrected chi connectivity index (χ1v) is 8.25. The summed E-state index contributed by atoms with van der Waals surface area (Å²) < 4.78 is 0. The van der Waals surface area contributed by atoms with Crippen molar-refractivity contribution in [1.29, 1.82) is 0 Å². The summed E-state index contributed by atoms with van der Waals surface area (Å²) >= 11 is 0. The molecule has 1 saturated heterocycles. The van der Waals surface area contributed by atoms with Crippen LogP contribution in [0.2, 0.25) is 0 Å². The van der Waals surface area contributed by atoms with Gasteiger partial charge in [-0.2, -0.15) is 0 Å². The van der Waals surface area contributed by atoms with E-state index in [9.17, 15) is 0 Å². The van der Waals surface area contributed by atoms with Gasteiger partial charge in [-0.25, -0.2) is 0 Å². The molecule has 3 rings (SSSR count). The van der Waals surface area contributed by atoms with E-state index in [2.05, 4.69) is 24.1 Å². The molecule has 18 heavy (non-hydrogen) atoms.